The predicted molar refractivity (Wildman–Crippen MR) is 73.9 cm³/mol. The second kappa shape index (κ2) is 4.48. The van der Waals surface area contributed by atoms with Crippen LogP contribution in [0.2, 0.25) is 0 Å². The number of hydrogen-bond donors (Lipinski definition) is 2. The smallest absolute Gasteiger partial charge is 0.0616 e. The van der Waals surface area contributed by atoms with Gasteiger partial charge >= 0.3 is 0 Å². The van der Waals surface area contributed by atoms with Gasteiger partial charge in [-0.2, -0.15) is 0 Å². The Hall–Kier alpha value is -0.770. The Labute approximate surface area is 109 Å². The Morgan fingerprint density at radius 3 is 2.59 bits per heavy atom. The zero-order valence-corrected chi connectivity index (χ0v) is 11.0. The fraction of sp³-hybridized carbons (Fsp3) is 0.538. The highest BCUT2D eigenvalue weighted by Gasteiger charge is 2.48. The maximum Gasteiger partial charge on any atom is 0.0616 e. The lowest BCUT2D eigenvalue weighted by Gasteiger charge is -2.44. The van der Waals surface area contributed by atoms with Crippen LogP contribution in [0.15, 0.2) is 24.3 Å². The number of likely N-dealkylation sites (N-methyl/N-ethyl adjacent to an activating group) is 1. The van der Waals surface area contributed by atoms with E-state index in [1.807, 2.05) is 0 Å². The molecule has 1 aromatic carbocycles. The van der Waals surface area contributed by atoms with E-state index in [1.165, 1.54) is 11.3 Å². The van der Waals surface area contributed by atoms with Gasteiger partial charge in [0.15, 0.2) is 0 Å². The van der Waals surface area contributed by atoms with E-state index in [9.17, 15) is 0 Å². The second-order valence-electron chi connectivity index (χ2n) is 4.95. The number of nitrogens with two attached hydrogens (primary N) is 1. The van der Waals surface area contributed by atoms with Crippen LogP contribution in [0, 0.1) is 0 Å². The molecule has 2 heterocycles. The number of benzene rings is 1. The summed E-state index contributed by atoms with van der Waals surface area (Å²) < 4.78 is 0. The summed E-state index contributed by atoms with van der Waals surface area (Å²) in [6, 6.07) is 8.71. The van der Waals surface area contributed by atoms with Crippen LogP contribution in [0.4, 0.5) is 5.69 Å². The second-order valence-corrected chi connectivity index (χ2v) is 4.95. The monoisotopic (exact) mass is 253 g/mol. The minimum Gasteiger partial charge on any atom is -0.367 e. The Morgan fingerprint density at radius 2 is 1.94 bits per heavy atom. The molecule has 1 fully saturated rings. The molecule has 3 nitrogen and oxygen atoms in total. The lowest BCUT2D eigenvalue weighted by atomic mass is 9.81. The van der Waals surface area contributed by atoms with Crippen LogP contribution in [0.3, 0.4) is 0 Å². The highest BCUT2D eigenvalue weighted by molar-refractivity contribution is 5.85. The average Bonchev–Trinajstić information content (AvgIpc) is 2.55. The number of anilines is 1. The van der Waals surface area contributed by atoms with Crippen molar-refractivity contribution in [3.63, 3.8) is 0 Å². The molecule has 17 heavy (non-hydrogen) atoms. The van der Waals surface area contributed by atoms with Crippen LogP contribution in [-0.4, -0.2) is 25.7 Å². The van der Waals surface area contributed by atoms with Crippen LogP contribution in [0.5, 0.6) is 0 Å². The van der Waals surface area contributed by atoms with Crippen molar-refractivity contribution in [2.75, 3.05) is 25.0 Å². The maximum atomic E-state index is 6.48. The Balaban J connectivity index is 0.00000108. The fourth-order valence-corrected chi connectivity index (χ4v) is 3.30. The predicted octanol–water partition coefficient (Wildman–Crippen LogP) is 1.68. The molecule has 0 aliphatic carbocycles. The van der Waals surface area contributed by atoms with Gasteiger partial charge in [-0.25, -0.2) is 0 Å². The van der Waals surface area contributed by atoms with Gasteiger partial charge in [-0.05, 0) is 37.6 Å². The van der Waals surface area contributed by atoms with E-state index in [-0.39, 0.29) is 24.0 Å². The molecule has 3 N–H and O–H groups in total. The third kappa shape index (κ3) is 1.65. The van der Waals surface area contributed by atoms with E-state index in [1.54, 1.807) is 0 Å². The summed E-state index contributed by atoms with van der Waals surface area (Å²) in [6.45, 7) is 2.15. The first-order chi connectivity index (χ1) is 7.76. The van der Waals surface area contributed by atoms with Gasteiger partial charge in [-0.3, -0.25) is 0 Å². The van der Waals surface area contributed by atoms with Gasteiger partial charge in [-0.1, -0.05) is 18.2 Å². The molecule has 1 saturated heterocycles. The van der Waals surface area contributed by atoms with Crippen LogP contribution >= 0.6 is 12.4 Å². The van der Waals surface area contributed by atoms with Gasteiger partial charge in [0, 0.05) is 12.7 Å². The van der Waals surface area contributed by atoms with Gasteiger partial charge < -0.3 is 16.0 Å². The molecule has 0 saturated carbocycles. The zero-order chi connectivity index (χ0) is 11.2. The number of hydrogen-bond acceptors (Lipinski definition) is 3. The maximum absolute atomic E-state index is 6.48. The van der Waals surface area contributed by atoms with Crippen molar-refractivity contribution in [1.29, 1.82) is 0 Å². The third-order valence-corrected chi connectivity index (χ3v) is 4.35. The molecule has 0 aromatic heterocycles. The summed E-state index contributed by atoms with van der Waals surface area (Å²) in [7, 11) is 2.19. The van der Waals surface area contributed by atoms with Crippen LogP contribution in [0.1, 0.15) is 24.4 Å². The summed E-state index contributed by atoms with van der Waals surface area (Å²) in [6.07, 6.45) is 2.28. The lowest BCUT2D eigenvalue weighted by molar-refractivity contribution is 0.268. The van der Waals surface area contributed by atoms with Crippen molar-refractivity contribution >= 4 is 18.1 Å². The van der Waals surface area contributed by atoms with Crippen molar-refractivity contribution < 1.29 is 0 Å². The summed E-state index contributed by atoms with van der Waals surface area (Å²) in [5, 5.41) is 3.42. The molecular formula is C13H20ClN3. The van der Waals surface area contributed by atoms with Gasteiger partial charge in [0.2, 0.25) is 0 Å². The standard InChI is InChI=1S/C13H19N3.ClH/c1-16-11-5-3-2-4-10(11)12(14)13(16)6-8-15-9-7-13;/h2-5,12,15H,6-9,14H2,1H3;1H/t12-;/m0./s1. The van der Waals surface area contributed by atoms with E-state index in [0.717, 1.165) is 25.9 Å². The van der Waals surface area contributed by atoms with Gasteiger partial charge in [0.25, 0.3) is 0 Å². The summed E-state index contributed by atoms with van der Waals surface area (Å²) in [4.78, 5) is 2.41. The van der Waals surface area contributed by atoms with Gasteiger partial charge in [0.1, 0.15) is 0 Å². The van der Waals surface area contributed by atoms with E-state index in [4.69, 9.17) is 5.73 Å². The molecule has 94 valence electrons. The topological polar surface area (TPSA) is 41.3 Å². The number of nitrogens with zero attached hydrogens (tertiary/aromatic N) is 1. The number of para-hydroxylation sites is 1. The molecule has 2 aliphatic rings. The highest BCUT2D eigenvalue weighted by atomic mass is 35.5. The minimum absolute atomic E-state index is 0. The van der Waals surface area contributed by atoms with Crippen molar-refractivity contribution in [2.24, 2.45) is 5.73 Å². The molecule has 1 atom stereocenters. The largest absolute Gasteiger partial charge is 0.367 e. The number of halogens is 1. The van der Waals surface area contributed by atoms with Crippen LogP contribution < -0.4 is 16.0 Å². The van der Waals surface area contributed by atoms with Gasteiger partial charge in [-0.15, -0.1) is 12.4 Å². The number of nitrogens with one attached hydrogen (secondary N) is 1. The molecule has 2 aliphatic heterocycles. The molecule has 1 aromatic rings. The molecule has 0 unspecified atom stereocenters. The summed E-state index contributed by atoms with van der Waals surface area (Å²) in [5.74, 6) is 0. The fourth-order valence-electron chi connectivity index (χ4n) is 3.30. The van der Waals surface area contributed by atoms with E-state index in [0.29, 0.717) is 0 Å². The molecular weight excluding hydrogens is 234 g/mol. The molecule has 1 spiro atoms. The first-order valence-corrected chi connectivity index (χ1v) is 6.05. The zero-order valence-electron chi connectivity index (χ0n) is 10.1. The molecule has 0 amide bonds. The summed E-state index contributed by atoms with van der Waals surface area (Å²) >= 11 is 0. The molecule has 0 radical (unpaired) electrons. The van der Waals surface area contributed by atoms with Crippen LogP contribution in [-0.2, 0) is 0 Å². The highest BCUT2D eigenvalue weighted by Crippen LogP contribution is 2.48. The van der Waals surface area contributed by atoms with Crippen molar-refractivity contribution in [3.8, 4) is 0 Å². The van der Waals surface area contributed by atoms with E-state index < -0.39 is 0 Å². The first kappa shape index (κ1) is 12.7. The Bertz CT molecular complexity index is 370. The summed E-state index contributed by atoms with van der Waals surface area (Å²) in [5.41, 5.74) is 9.25. The molecule has 4 heteroatoms. The number of fused-ring (bicyclic) bond motifs is 1. The first-order valence-electron chi connectivity index (χ1n) is 6.05. The Kier molecular flexibility index (Phi) is 3.34. The van der Waals surface area contributed by atoms with Crippen molar-refractivity contribution in [1.82, 2.24) is 5.32 Å². The molecule has 3 rings (SSSR count). The van der Waals surface area contributed by atoms with Crippen LogP contribution in [0.25, 0.3) is 0 Å². The minimum atomic E-state index is 0. The van der Waals surface area contributed by atoms with Crippen molar-refractivity contribution in [2.45, 2.75) is 24.4 Å². The quantitative estimate of drug-likeness (QED) is 0.739. The van der Waals surface area contributed by atoms with E-state index >= 15 is 0 Å². The van der Waals surface area contributed by atoms with Crippen molar-refractivity contribution in [3.05, 3.63) is 29.8 Å². The van der Waals surface area contributed by atoms with Gasteiger partial charge in [0.05, 0.1) is 11.6 Å². The number of rotatable bonds is 0. The molecule has 0 bridgehead atoms. The third-order valence-electron chi connectivity index (χ3n) is 4.35. The normalized spacial score (nSPS) is 25.5. The average molecular weight is 254 g/mol. The Morgan fingerprint density at radius 1 is 1.29 bits per heavy atom. The lowest BCUT2D eigenvalue weighted by Crippen LogP contribution is -2.55. The van der Waals surface area contributed by atoms with E-state index in [2.05, 4.69) is 41.5 Å². The SMILES string of the molecule is CN1c2ccccc2[C@H](N)C12CCNCC2.Cl. The number of piperidine rings is 1.